The SMILES string of the molecule is CCCC(=O)OC(=O)C(OC(=O)c1ccc(CC(C)C)cc1)c1ccccc1. The molecule has 2 rings (SSSR count). The molecule has 0 radical (unpaired) electrons. The normalized spacial score (nSPS) is 11.7. The lowest BCUT2D eigenvalue weighted by Gasteiger charge is -2.17. The van der Waals surface area contributed by atoms with Gasteiger partial charge in [0, 0.05) is 12.0 Å². The van der Waals surface area contributed by atoms with E-state index in [0.717, 1.165) is 12.0 Å². The third kappa shape index (κ3) is 6.34. The maximum Gasteiger partial charge on any atom is 0.359 e. The highest BCUT2D eigenvalue weighted by Crippen LogP contribution is 2.22. The molecule has 2 aromatic carbocycles. The Hall–Kier alpha value is -2.95. The molecule has 0 aliphatic rings. The minimum absolute atomic E-state index is 0.124. The molecule has 0 bridgehead atoms. The molecule has 0 saturated heterocycles. The van der Waals surface area contributed by atoms with E-state index >= 15 is 0 Å². The van der Waals surface area contributed by atoms with Crippen LogP contribution in [-0.4, -0.2) is 17.9 Å². The van der Waals surface area contributed by atoms with Crippen molar-refractivity contribution < 1.29 is 23.9 Å². The van der Waals surface area contributed by atoms with Crippen molar-refractivity contribution in [1.82, 2.24) is 0 Å². The van der Waals surface area contributed by atoms with Crippen molar-refractivity contribution in [3.63, 3.8) is 0 Å². The molecule has 0 spiro atoms. The third-order valence-electron chi connectivity index (χ3n) is 4.04. The number of rotatable bonds is 8. The summed E-state index contributed by atoms with van der Waals surface area (Å²) in [5.74, 6) is -1.67. The Morgan fingerprint density at radius 1 is 0.929 bits per heavy atom. The van der Waals surface area contributed by atoms with Gasteiger partial charge in [-0.25, -0.2) is 9.59 Å². The molecule has 0 heterocycles. The second kappa shape index (κ2) is 10.4. The van der Waals surface area contributed by atoms with E-state index in [-0.39, 0.29) is 6.42 Å². The van der Waals surface area contributed by atoms with Crippen LogP contribution in [0.15, 0.2) is 54.6 Å². The Morgan fingerprint density at radius 3 is 2.14 bits per heavy atom. The molecule has 148 valence electrons. The molecule has 0 fully saturated rings. The summed E-state index contributed by atoms with van der Waals surface area (Å²) < 4.78 is 10.3. The number of hydrogen-bond donors (Lipinski definition) is 0. The molecule has 28 heavy (non-hydrogen) atoms. The molecule has 5 heteroatoms. The summed E-state index contributed by atoms with van der Waals surface area (Å²) in [6.45, 7) is 6.06. The van der Waals surface area contributed by atoms with Crippen LogP contribution in [0.3, 0.4) is 0 Å². The van der Waals surface area contributed by atoms with Crippen LogP contribution in [0.2, 0.25) is 0 Å². The predicted molar refractivity (Wildman–Crippen MR) is 106 cm³/mol. The number of carbonyl (C=O) groups excluding carboxylic acids is 3. The first-order valence-corrected chi connectivity index (χ1v) is 9.50. The standard InChI is InChI=1S/C23H26O5/c1-4-8-20(24)27-23(26)21(18-9-6-5-7-10-18)28-22(25)19-13-11-17(12-14-19)15-16(2)3/h5-7,9-14,16,21H,4,8,15H2,1-3H3. The van der Waals surface area contributed by atoms with Gasteiger partial charge in [-0.3, -0.25) is 4.79 Å². The van der Waals surface area contributed by atoms with Crippen molar-refractivity contribution >= 4 is 17.9 Å². The second-order valence-electron chi connectivity index (χ2n) is 7.03. The lowest BCUT2D eigenvalue weighted by Crippen LogP contribution is -2.24. The van der Waals surface area contributed by atoms with Gasteiger partial charge in [-0.2, -0.15) is 0 Å². The molecule has 0 N–H and O–H groups in total. The summed E-state index contributed by atoms with van der Waals surface area (Å²) in [4.78, 5) is 36.7. The molecule has 0 aromatic heterocycles. The predicted octanol–water partition coefficient (Wildman–Crippen LogP) is 4.65. The Labute approximate surface area is 165 Å². The van der Waals surface area contributed by atoms with Crippen LogP contribution in [0.1, 0.15) is 61.2 Å². The zero-order valence-electron chi connectivity index (χ0n) is 16.5. The summed E-state index contributed by atoms with van der Waals surface area (Å²) in [6, 6.07) is 15.6. The van der Waals surface area contributed by atoms with E-state index < -0.39 is 24.0 Å². The molecular weight excluding hydrogens is 356 g/mol. The summed E-state index contributed by atoms with van der Waals surface area (Å²) in [5.41, 5.74) is 1.90. The first-order chi connectivity index (χ1) is 13.4. The smallest absolute Gasteiger partial charge is 0.359 e. The minimum Gasteiger partial charge on any atom is -0.442 e. The van der Waals surface area contributed by atoms with Crippen molar-refractivity contribution in [2.45, 2.75) is 46.1 Å². The molecule has 1 atom stereocenters. The zero-order valence-corrected chi connectivity index (χ0v) is 16.5. The number of benzene rings is 2. The highest BCUT2D eigenvalue weighted by Gasteiger charge is 2.29. The summed E-state index contributed by atoms with van der Waals surface area (Å²) in [6.07, 6.45) is 0.293. The van der Waals surface area contributed by atoms with E-state index in [2.05, 4.69) is 13.8 Å². The lowest BCUT2D eigenvalue weighted by molar-refractivity contribution is -0.166. The average molecular weight is 382 g/mol. The van der Waals surface area contributed by atoms with E-state index in [0.29, 0.717) is 23.5 Å². The van der Waals surface area contributed by atoms with E-state index in [1.807, 2.05) is 19.1 Å². The largest absolute Gasteiger partial charge is 0.442 e. The van der Waals surface area contributed by atoms with Crippen molar-refractivity contribution in [2.24, 2.45) is 5.92 Å². The Kier molecular flexibility index (Phi) is 7.93. The molecule has 0 aliphatic heterocycles. The van der Waals surface area contributed by atoms with Crippen LogP contribution < -0.4 is 0 Å². The first-order valence-electron chi connectivity index (χ1n) is 9.50. The van der Waals surface area contributed by atoms with Gasteiger partial charge in [0.15, 0.2) is 0 Å². The fourth-order valence-electron chi connectivity index (χ4n) is 2.72. The third-order valence-corrected chi connectivity index (χ3v) is 4.04. The highest BCUT2D eigenvalue weighted by molar-refractivity contribution is 5.94. The minimum atomic E-state index is -1.30. The van der Waals surface area contributed by atoms with E-state index in [1.54, 1.807) is 42.5 Å². The topological polar surface area (TPSA) is 69.7 Å². The Balaban J connectivity index is 2.16. The summed E-state index contributed by atoms with van der Waals surface area (Å²) in [5, 5.41) is 0. The Bertz CT molecular complexity index is 794. The van der Waals surface area contributed by atoms with Gasteiger partial charge in [0.25, 0.3) is 0 Å². The molecule has 2 aromatic rings. The van der Waals surface area contributed by atoms with Crippen LogP contribution in [0.5, 0.6) is 0 Å². The van der Waals surface area contributed by atoms with Crippen LogP contribution >= 0.6 is 0 Å². The fourth-order valence-corrected chi connectivity index (χ4v) is 2.72. The molecular formula is C23H26O5. The summed E-state index contributed by atoms with van der Waals surface area (Å²) in [7, 11) is 0. The highest BCUT2D eigenvalue weighted by atomic mass is 16.6. The van der Waals surface area contributed by atoms with E-state index in [1.165, 1.54) is 0 Å². The lowest BCUT2D eigenvalue weighted by atomic mass is 10.0. The first kappa shape index (κ1) is 21.4. The van der Waals surface area contributed by atoms with Crippen LogP contribution in [0.4, 0.5) is 0 Å². The van der Waals surface area contributed by atoms with Crippen LogP contribution in [-0.2, 0) is 25.5 Å². The van der Waals surface area contributed by atoms with Gasteiger partial charge in [-0.1, -0.05) is 63.2 Å². The van der Waals surface area contributed by atoms with Crippen molar-refractivity contribution in [2.75, 3.05) is 0 Å². The molecule has 1 unspecified atom stereocenters. The summed E-state index contributed by atoms with van der Waals surface area (Å²) >= 11 is 0. The Morgan fingerprint density at radius 2 is 1.57 bits per heavy atom. The van der Waals surface area contributed by atoms with Gasteiger partial charge in [-0.15, -0.1) is 0 Å². The van der Waals surface area contributed by atoms with Gasteiger partial charge < -0.3 is 9.47 Å². The molecule has 0 amide bonds. The van der Waals surface area contributed by atoms with Gasteiger partial charge in [-0.05, 0) is 36.5 Å². The number of ether oxygens (including phenoxy) is 2. The van der Waals surface area contributed by atoms with Gasteiger partial charge in [0.1, 0.15) is 0 Å². The van der Waals surface area contributed by atoms with Crippen molar-refractivity contribution in [3.05, 3.63) is 71.3 Å². The maximum atomic E-state index is 12.6. The maximum absolute atomic E-state index is 12.6. The number of carbonyl (C=O) groups is 3. The number of hydrogen-bond acceptors (Lipinski definition) is 5. The molecule has 5 nitrogen and oxygen atoms in total. The van der Waals surface area contributed by atoms with Crippen LogP contribution in [0.25, 0.3) is 0 Å². The zero-order chi connectivity index (χ0) is 20.5. The van der Waals surface area contributed by atoms with Crippen molar-refractivity contribution in [3.8, 4) is 0 Å². The molecule has 0 saturated carbocycles. The van der Waals surface area contributed by atoms with Gasteiger partial charge in [0.05, 0.1) is 5.56 Å². The monoisotopic (exact) mass is 382 g/mol. The quantitative estimate of drug-likeness (QED) is 0.491. The van der Waals surface area contributed by atoms with E-state index in [4.69, 9.17) is 9.47 Å². The number of esters is 3. The van der Waals surface area contributed by atoms with Gasteiger partial charge >= 0.3 is 17.9 Å². The van der Waals surface area contributed by atoms with E-state index in [9.17, 15) is 14.4 Å². The van der Waals surface area contributed by atoms with Gasteiger partial charge in [0.2, 0.25) is 6.10 Å². The van der Waals surface area contributed by atoms with Crippen molar-refractivity contribution in [1.29, 1.82) is 0 Å². The average Bonchev–Trinajstić information content (AvgIpc) is 2.66. The fraction of sp³-hybridized carbons (Fsp3) is 0.348. The molecule has 0 aliphatic carbocycles. The van der Waals surface area contributed by atoms with Crippen LogP contribution in [0, 0.1) is 5.92 Å². The second-order valence-corrected chi connectivity index (χ2v) is 7.03.